The zero-order valence-electron chi connectivity index (χ0n) is 12.2. The van der Waals surface area contributed by atoms with E-state index in [4.69, 9.17) is 4.74 Å². The second kappa shape index (κ2) is 6.72. The van der Waals surface area contributed by atoms with Gasteiger partial charge in [-0.3, -0.25) is 15.0 Å². The first-order chi connectivity index (χ1) is 10.8. The van der Waals surface area contributed by atoms with Crippen molar-refractivity contribution >= 4 is 11.7 Å². The van der Waals surface area contributed by atoms with Crippen molar-refractivity contribution in [1.29, 1.82) is 0 Å². The lowest BCUT2D eigenvalue weighted by molar-refractivity contribution is -0.174. The summed E-state index contributed by atoms with van der Waals surface area (Å²) in [7, 11) is 1.40. The van der Waals surface area contributed by atoms with Crippen molar-refractivity contribution in [2.24, 2.45) is 5.92 Å². The van der Waals surface area contributed by atoms with E-state index in [1.54, 1.807) is 18.2 Å². The van der Waals surface area contributed by atoms with Gasteiger partial charge in [-0.2, -0.15) is 13.2 Å². The second-order valence-corrected chi connectivity index (χ2v) is 4.93. The molecule has 0 saturated heterocycles. The summed E-state index contributed by atoms with van der Waals surface area (Å²) in [6, 6.07) is 6.40. The maximum absolute atomic E-state index is 12.5. The SMILES string of the molecule is COc1ccccc1C(=O)NNC1=CCC[C@@H]1C(=O)C(F)(F)F. The second-order valence-electron chi connectivity index (χ2n) is 4.93. The van der Waals surface area contributed by atoms with E-state index in [0.717, 1.165) is 0 Å². The Kier molecular flexibility index (Phi) is 4.92. The number of hydrazine groups is 1. The number of carbonyl (C=O) groups is 2. The van der Waals surface area contributed by atoms with Crippen LogP contribution in [0.15, 0.2) is 36.0 Å². The van der Waals surface area contributed by atoms with Gasteiger partial charge in [-0.1, -0.05) is 18.2 Å². The first kappa shape index (κ1) is 16.9. The fraction of sp³-hybridized carbons (Fsp3) is 0.333. The van der Waals surface area contributed by atoms with Crippen LogP contribution in [-0.4, -0.2) is 25.0 Å². The number of hydrogen-bond acceptors (Lipinski definition) is 4. The number of nitrogens with one attached hydrogen (secondary N) is 2. The lowest BCUT2D eigenvalue weighted by atomic mass is 10.0. The van der Waals surface area contributed by atoms with Crippen LogP contribution in [0.5, 0.6) is 5.75 Å². The Balaban J connectivity index is 2.03. The molecule has 1 atom stereocenters. The molecule has 0 aromatic heterocycles. The molecule has 0 spiro atoms. The van der Waals surface area contributed by atoms with Gasteiger partial charge in [-0.15, -0.1) is 0 Å². The summed E-state index contributed by atoms with van der Waals surface area (Å²) < 4.78 is 42.6. The fourth-order valence-corrected chi connectivity index (χ4v) is 2.34. The lowest BCUT2D eigenvalue weighted by Crippen LogP contribution is -2.41. The number of halogens is 3. The Morgan fingerprint density at radius 1 is 1.26 bits per heavy atom. The zero-order valence-corrected chi connectivity index (χ0v) is 12.2. The molecule has 1 aliphatic rings. The van der Waals surface area contributed by atoms with E-state index in [0.29, 0.717) is 12.2 Å². The number of hydrogen-bond donors (Lipinski definition) is 2. The molecule has 1 aliphatic carbocycles. The average Bonchev–Trinajstić information content (AvgIpc) is 2.99. The van der Waals surface area contributed by atoms with Crippen molar-refractivity contribution < 1.29 is 27.5 Å². The molecule has 2 rings (SSSR count). The highest BCUT2D eigenvalue weighted by Crippen LogP contribution is 2.31. The van der Waals surface area contributed by atoms with Gasteiger partial charge in [0.15, 0.2) is 0 Å². The van der Waals surface area contributed by atoms with Crippen LogP contribution in [0.25, 0.3) is 0 Å². The smallest absolute Gasteiger partial charge is 0.450 e. The predicted octanol–water partition coefficient (Wildman–Crippen LogP) is 2.35. The zero-order chi connectivity index (χ0) is 17.0. The number of methoxy groups -OCH3 is 1. The van der Waals surface area contributed by atoms with Crippen LogP contribution in [0.1, 0.15) is 23.2 Å². The minimum atomic E-state index is -4.90. The summed E-state index contributed by atoms with van der Waals surface area (Å²) in [5.74, 6) is -3.38. The van der Waals surface area contributed by atoms with E-state index in [9.17, 15) is 22.8 Å². The van der Waals surface area contributed by atoms with Gasteiger partial charge in [0.2, 0.25) is 5.78 Å². The van der Waals surface area contributed by atoms with E-state index in [-0.39, 0.29) is 17.7 Å². The van der Waals surface area contributed by atoms with E-state index in [1.165, 1.54) is 19.3 Å². The van der Waals surface area contributed by atoms with Crippen LogP contribution in [0.4, 0.5) is 13.2 Å². The third-order valence-corrected chi connectivity index (χ3v) is 3.46. The number of rotatable bonds is 5. The molecule has 1 aromatic carbocycles. The van der Waals surface area contributed by atoms with Crippen LogP contribution in [0.2, 0.25) is 0 Å². The van der Waals surface area contributed by atoms with Crippen LogP contribution >= 0.6 is 0 Å². The minimum absolute atomic E-state index is 0.0515. The summed E-state index contributed by atoms with van der Waals surface area (Å²) in [5.41, 5.74) is 4.99. The Bertz CT molecular complexity index is 641. The molecule has 8 heteroatoms. The molecule has 0 radical (unpaired) electrons. The fourth-order valence-electron chi connectivity index (χ4n) is 2.34. The van der Waals surface area contributed by atoms with Gasteiger partial charge in [0.1, 0.15) is 5.75 Å². The summed E-state index contributed by atoms with van der Waals surface area (Å²) in [4.78, 5) is 23.4. The molecule has 1 amide bonds. The van der Waals surface area contributed by atoms with Gasteiger partial charge >= 0.3 is 6.18 Å². The quantitative estimate of drug-likeness (QED) is 0.814. The molecule has 0 fully saturated rings. The molecule has 1 aromatic rings. The first-order valence-corrected chi connectivity index (χ1v) is 6.85. The maximum Gasteiger partial charge on any atom is 0.450 e. The molecule has 2 N–H and O–H groups in total. The highest BCUT2D eigenvalue weighted by Gasteiger charge is 2.45. The number of ketones is 1. The maximum atomic E-state index is 12.5. The van der Waals surface area contributed by atoms with Crippen LogP contribution in [0.3, 0.4) is 0 Å². The van der Waals surface area contributed by atoms with E-state index in [2.05, 4.69) is 10.9 Å². The summed E-state index contributed by atoms with van der Waals surface area (Å²) in [6.07, 6.45) is -3.04. The summed E-state index contributed by atoms with van der Waals surface area (Å²) >= 11 is 0. The van der Waals surface area contributed by atoms with Crippen LogP contribution in [0, 0.1) is 5.92 Å². The van der Waals surface area contributed by atoms with E-state index >= 15 is 0 Å². The van der Waals surface area contributed by atoms with Crippen molar-refractivity contribution in [2.45, 2.75) is 19.0 Å². The molecule has 0 heterocycles. The van der Waals surface area contributed by atoms with Crippen molar-refractivity contribution in [1.82, 2.24) is 10.9 Å². The number of Topliss-reactive ketones (excluding diaryl/α,β-unsaturated/α-hetero) is 1. The largest absolute Gasteiger partial charge is 0.496 e. The van der Waals surface area contributed by atoms with E-state index < -0.39 is 23.8 Å². The number of allylic oxidation sites excluding steroid dienone is 2. The summed E-state index contributed by atoms with van der Waals surface area (Å²) in [5, 5.41) is 0. The monoisotopic (exact) mass is 328 g/mol. The van der Waals surface area contributed by atoms with Crippen molar-refractivity contribution in [3.8, 4) is 5.75 Å². The van der Waals surface area contributed by atoms with Gasteiger partial charge in [-0.05, 0) is 25.0 Å². The average molecular weight is 328 g/mol. The molecule has 0 saturated carbocycles. The molecule has 0 aliphatic heterocycles. The first-order valence-electron chi connectivity index (χ1n) is 6.85. The Morgan fingerprint density at radius 2 is 1.96 bits per heavy atom. The number of ether oxygens (including phenoxy) is 1. The molecular formula is C15H15F3N2O3. The standard InChI is InChI=1S/C15H15F3N2O3/c1-23-12-8-3-2-5-10(12)14(22)20-19-11-7-4-6-9(11)13(21)15(16,17)18/h2-3,5,7-9,19H,4,6H2,1H3,(H,20,22)/t9-/m0/s1. The molecule has 124 valence electrons. The Morgan fingerprint density at radius 3 is 2.61 bits per heavy atom. The van der Waals surface area contributed by atoms with Crippen molar-refractivity contribution in [2.75, 3.05) is 7.11 Å². The van der Waals surface area contributed by atoms with Gasteiger partial charge in [0.25, 0.3) is 5.91 Å². The number of para-hydroxylation sites is 1. The molecule has 0 bridgehead atoms. The van der Waals surface area contributed by atoms with Gasteiger partial charge in [-0.25, -0.2) is 0 Å². The highest BCUT2D eigenvalue weighted by atomic mass is 19.4. The lowest BCUT2D eigenvalue weighted by Gasteiger charge is -2.18. The Hall–Kier alpha value is -2.51. The third-order valence-electron chi connectivity index (χ3n) is 3.46. The number of benzene rings is 1. The van der Waals surface area contributed by atoms with Gasteiger partial charge in [0, 0.05) is 5.70 Å². The van der Waals surface area contributed by atoms with Gasteiger partial charge < -0.3 is 10.2 Å². The normalized spacial score (nSPS) is 17.4. The topological polar surface area (TPSA) is 67.4 Å². The minimum Gasteiger partial charge on any atom is -0.496 e. The van der Waals surface area contributed by atoms with Crippen LogP contribution in [-0.2, 0) is 4.79 Å². The molecular weight excluding hydrogens is 313 g/mol. The van der Waals surface area contributed by atoms with Crippen LogP contribution < -0.4 is 15.6 Å². The molecule has 0 unspecified atom stereocenters. The van der Waals surface area contributed by atoms with Gasteiger partial charge in [0.05, 0.1) is 18.6 Å². The van der Waals surface area contributed by atoms with Crippen molar-refractivity contribution in [3.05, 3.63) is 41.6 Å². The Labute approximate surface area is 130 Å². The predicted molar refractivity (Wildman–Crippen MR) is 75.5 cm³/mol. The summed E-state index contributed by atoms with van der Waals surface area (Å²) in [6.45, 7) is 0. The van der Waals surface area contributed by atoms with Crippen molar-refractivity contribution in [3.63, 3.8) is 0 Å². The number of alkyl halides is 3. The molecule has 5 nitrogen and oxygen atoms in total. The number of carbonyl (C=O) groups excluding carboxylic acids is 2. The third kappa shape index (κ3) is 3.82. The van der Waals surface area contributed by atoms with E-state index in [1.807, 2.05) is 0 Å². The molecule has 23 heavy (non-hydrogen) atoms. The number of amides is 1. The highest BCUT2D eigenvalue weighted by molar-refractivity contribution is 5.96.